The lowest BCUT2D eigenvalue weighted by atomic mass is 10.1. The number of sulfonamides is 1. The van der Waals surface area contributed by atoms with Gasteiger partial charge in [-0.15, -0.1) is 0 Å². The van der Waals surface area contributed by atoms with Crippen molar-refractivity contribution in [3.8, 4) is 0 Å². The van der Waals surface area contributed by atoms with E-state index in [1.165, 1.54) is 31.2 Å². The minimum atomic E-state index is -3.80. The van der Waals surface area contributed by atoms with Crippen LogP contribution >= 0.6 is 0 Å². The minimum absolute atomic E-state index is 0.0568. The average Bonchev–Trinajstić information content (AvgIpc) is 3.18. The summed E-state index contributed by atoms with van der Waals surface area (Å²) < 4.78 is 27.7. The van der Waals surface area contributed by atoms with Gasteiger partial charge in [-0.1, -0.05) is 30.3 Å². The standard InChI is InChI=1S/C23H20N2O4S/c1-16(26)17-8-12-21(13-9-17)30(28,29)24-20-10-6-19(7-11-20)23(27)25-15-14-18-4-2-3-5-22(18)25/h2-13,24H,14-15H2,1H3. The van der Waals surface area contributed by atoms with E-state index in [1.54, 1.807) is 29.2 Å². The first-order valence-electron chi connectivity index (χ1n) is 9.49. The maximum Gasteiger partial charge on any atom is 0.261 e. The zero-order valence-electron chi connectivity index (χ0n) is 16.3. The van der Waals surface area contributed by atoms with E-state index < -0.39 is 10.0 Å². The summed E-state index contributed by atoms with van der Waals surface area (Å²) in [6.07, 6.45) is 0.822. The molecule has 4 rings (SSSR count). The Kier molecular flexibility index (Phi) is 5.13. The van der Waals surface area contributed by atoms with E-state index in [2.05, 4.69) is 4.72 Å². The van der Waals surface area contributed by atoms with Crippen LogP contribution in [0.3, 0.4) is 0 Å². The first-order chi connectivity index (χ1) is 14.3. The second-order valence-corrected chi connectivity index (χ2v) is 8.78. The molecule has 0 saturated carbocycles. The van der Waals surface area contributed by atoms with Crippen LogP contribution in [0.4, 0.5) is 11.4 Å². The predicted octanol–water partition coefficient (Wildman–Crippen LogP) is 3.89. The van der Waals surface area contributed by atoms with Crippen molar-refractivity contribution >= 4 is 33.1 Å². The highest BCUT2D eigenvalue weighted by Crippen LogP contribution is 2.29. The van der Waals surface area contributed by atoms with Crippen LogP contribution in [-0.4, -0.2) is 26.7 Å². The summed E-state index contributed by atoms with van der Waals surface area (Å²) in [6, 6.07) is 19.9. The van der Waals surface area contributed by atoms with Crippen LogP contribution in [-0.2, 0) is 16.4 Å². The highest BCUT2D eigenvalue weighted by molar-refractivity contribution is 7.92. The number of hydrogen-bond donors (Lipinski definition) is 1. The number of anilines is 2. The van der Waals surface area contributed by atoms with Crippen LogP contribution < -0.4 is 9.62 Å². The van der Waals surface area contributed by atoms with Crippen molar-refractivity contribution < 1.29 is 18.0 Å². The molecule has 0 aliphatic carbocycles. The molecule has 1 aliphatic rings. The number of benzene rings is 3. The van der Waals surface area contributed by atoms with Crippen molar-refractivity contribution in [2.45, 2.75) is 18.2 Å². The van der Waals surface area contributed by atoms with Crippen LogP contribution in [0.15, 0.2) is 77.7 Å². The van der Waals surface area contributed by atoms with Crippen molar-refractivity contribution in [1.29, 1.82) is 0 Å². The molecule has 0 fully saturated rings. The van der Waals surface area contributed by atoms with Crippen molar-refractivity contribution in [2.24, 2.45) is 0 Å². The second-order valence-electron chi connectivity index (χ2n) is 7.10. The molecule has 0 aromatic heterocycles. The van der Waals surface area contributed by atoms with Crippen LogP contribution in [0.1, 0.15) is 33.2 Å². The molecule has 1 amide bonds. The molecule has 3 aromatic rings. The summed E-state index contributed by atoms with van der Waals surface area (Å²) in [4.78, 5) is 26.0. The molecule has 6 nitrogen and oxygen atoms in total. The third kappa shape index (κ3) is 3.84. The highest BCUT2D eigenvalue weighted by atomic mass is 32.2. The van der Waals surface area contributed by atoms with Gasteiger partial charge in [0.15, 0.2) is 5.78 Å². The Hall–Kier alpha value is -3.45. The van der Waals surface area contributed by atoms with Gasteiger partial charge in [0.1, 0.15) is 0 Å². The lowest BCUT2D eigenvalue weighted by molar-refractivity contribution is 0.0987. The molecule has 152 valence electrons. The Morgan fingerprint density at radius 1 is 0.867 bits per heavy atom. The van der Waals surface area contributed by atoms with E-state index in [-0.39, 0.29) is 16.6 Å². The third-order valence-electron chi connectivity index (χ3n) is 5.09. The van der Waals surface area contributed by atoms with E-state index >= 15 is 0 Å². The molecule has 0 atom stereocenters. The second kappa shape index (κ2) is 7.76. The van der Waals surface area contributed by atoms with Crippen LogP contribution in [0, 0.1) is 0 Å². The van der Waals surface area contributed by atoms with Gasteiger partial charge in [-0.05, 0) is 61.4 Å². The van der Waals surface area contributed by atoms with Gasteiger partial charge < -0.3 is 4.90 Å². The SMILES string of the molecule is CC(=O)c1ccc(S(=O)(=O)Nc2ccc(C(=O)N3CCc4ccccc43)cc2)cc1. The lowest BCUT2D eigenvalue weighted by Crippen LogP contribution is -2.28. The topological polar surface area (TPSA) is 83.5 Å². The maximum absolute atomic E-state index is 12.9. The summed E-state index contributed by atoms with van der Waals surface area (Å²) in [5.74, 6) is -0.248. The average molecular weight is 420 g/mol. The number of amides is 1. The number of nitrogens with zero attached hydrogens (tertiary/aromatic N) is 1. The number of rotatable bonds is 5. The van der Waals surface area contributed by atoms with E-state index in [0.717, 1.165) is 17.7 Å². The summed E-state index contributed by atoms with van der Waals surface area (Å²) in [5.41, 5.74) is 3.34. The largest absolute Gasteiger partial charge is 0.308 e. The number of nitrogens with one attached hydrogen (secondary N) is 1. The van der Waals surface area contributed by atoms with Gasteiger partial charge in [0.25, 0.3) is 15.9 Å². The molecule has 1 N–H and O–H groups in total. The summed E-state index contributed by atoms with van der Waals surface area (Å²) >= 11 is 0. The quantitative estimate of drug-likeness (QED) is 0.635. The van der Waals surface area contributed by atoms with Crippen molar-refractivity contribution in [3.05, 3.63) is 89.5 Å². The number of para-hydroxylation sites is 1. The van der Waals surface area contributed by atoms with Gasteiger partial charge in [0, 0.05) is 29.0 Å². The number of carbonyl (C=O) groups excluding carboxylic acids is 2. The number of hydrogen-bond acceptors (Lipinski definition) is 4. The number of carbonyl (C=O) groups is 2. The van der Waals surface area contributed by atoms with Crippen LogP contribution in [0.2, 0.25) is 0 Å². The van der Waals surface area contributed by atoms with E-state index in [1.807, 2.05) is 24.3 Å². The summed E-state index contributed by atoms with van der Waals surface area (Å²) in [7, 11) is -3.80. The molecule has 0 radical (unpaired) electrons. The molecule has 3 aromatic carbocycles. The Bertz CT molecular complexity index is 1220. The van der Waals surface area contributed by atoms with Crippen molar-refractivity contribution in [2.75, 3.05) is 16.2 Å². The summed E-state index contributed by atoms with van der Waals surface area (Å²) in [6.45, 7) is 2.05. The molecule has 30 heavy (non-hydrogen) atoms. The van der Waals surface area contributed by atoms with Gasteiger partial charge in [-0.3, -0.25) is 14.3 Å². The Morgan fingerprint density at radius 3 is 2.17 bits per heavy atom. The third-order valence-corrected chi connectivity index (χ3v) is 6.48. The molecule has 0 unspecified atom stereocenters. The fraction of sp³-hybridized carbons (Fsp3) is 0.130. The van der Waals surface area contributed by atoms with Crippen LogP contribution in [0.5, 0.6) is 0 Å². The zero-order valence-corrected chi connectivity index (χ0v) is 17.1. The predicted molar refractivity (Wildman–Crippen MR) is 116 cm³/mol. The first kappa shape index (κ1) is 19.8. The maximum atomic E-state index is 12.9. The highest BCUT2D eigenvalue weighted by Gasteiger charge is 2.25. The smallest absolute Gasteiger partial charge is 0.261 e. The molecule has 0 saturated heterocycles. The molecular formula is C23H20N2O4S. The molecule has 0 bridgehead atoms. The van der Waals surface area contributed by atoms with Gasteiger partial charge in [-0.25, -0.2) is 8.42 Å². The van der Waals surface area contributed by atoms with Gasteiger partial charge in [0.2, 0.25) is 0 Å². The monoisotopic (exact) mass is 420 g/mol. The Balaban J connectivity index is 1.50. The van der Waals surface area contributed by atoms with Gasteiger partial charge in [-0.2, -0.15) is 0 Å². The van der Waals surface area contributed by atoms with Crippen LogP contribution in [0.25, 0.3) is 0 Å². The van der Waals surface area contributed by atoms with E-state index in [9.17, 15) is 18.0 Å². The van der Waals surface area contributed by atoms with Gasteiger partial charge >= 0.3 is 0 Å². The first-order valence-corrected chi connectivity index (χ1v) is 11.0. The normalized spacial score (nSPS) is 13.0. The number of fused-ring (bicyclic) bond motifs is 1. The van der Waals surface area contributed by atoms with Gasteiger partial charge in [0.05, 0.1) is 4.90 Å². The van der Waals surface area contributed by atoms with E-state index in [4.69, 9.17) is 0 Å². The van der Waals surface area contributed by atoms with Crippen molar-refractivity contribution in [3.63, 3.8) is 0 Å². The molecule has 1 heterocycles. The molecule has 1 aliphatic heterocycles. The zero-order chi connectivity index (χ0) is 21.3. The Labute approximate surface area is 175 Å². The molecular weight excluding hydrogens is 400 g/mol. The fourth-order valence-electron chi connectivity index (χ4n) is 3.47. The summed E-state index contributed by atoms with van der Waals surface area (Å²) in [5, 5.41) is 0. The Morgan fingerprint density at radius 2 is 1.50 bits per heavy atom. The molecule has 0 spiro atoms. The minimum Gasteiger partial charge on any atom is -0.308 e. The molecule has 7 heteroatoms. The van der Waals surface area contributed by atoms with E-state index in [0.29, 0.717) is 23.4 Å². The lowest BCUT2D eigenvalue weighted by Gasteiger charge is -2.17. The fourth-order valence-corrected chi connectivity index (χ4v) is 4.53. The number of ketones is 1. The van der Waals surface area contributed by atoms with Crippen molar-refractivity contribution in [1.82, 2.24) is 0 Å². The number of Topliss-reactive ketones (excluding diaryl/α,β-unsaturated/α-hetero) is 1.